The van der Waals surface area contributed by atoms with E-state index in [1.54, 1.807) is 0 Å². The normalized spacial score (nSPS) is 23.4. The highest BCUT2D eigenvalue weighted by Gasteiger charge is 2.25. The van der Waals surface area contributed by atoms with Crippen molar-refractivity contribution >= 4 is 45.6 Å². The van der Waals surface area contributed by atoms with Crippen LogP contribution in [-0.2, 0) is 0 Å². The Morgan fingerprint density at radius 3 is 2.00 bits per heavy atom. The maximum Gasteiger partial charge on any atom is 0.316 e. The molecule has 0 unspecified atom stereocenters. The molecule has 0 atom stereocenters. The zero-order chi connectivity index (χ0) is 6.74. The van der Waals surface area contributed by atoms with E-state index in [0.717, 1.165) is 0 Å². The predicted octanol–water partition coefficient (Wildman–Crippen LogP) is 2.62. The first kappa shape index (κ1) is 11.5. The van der Waals surface area contributed by atoms with Crippen LogP contribution in [0.2, 0.25) is 0 Å². The Bertz CT molecular complexity index is 87.3. The van der Waals surface area contributed by atoms with Gasteiger partial charge in [0.15, 0.2) is 0 Å². The molecule has 0 bridgehead atoms. The van der Waals surface area contributed by atoms with Gasteiger partial charge in [-0.15, -0.1) is 0 Å². The van der Waals surface area contributed by atoms with Gasteiger partial charge in [-0.05, 0) is 19.3 Å². The van der Waals surface area contributed by atoms with Crippen LogP contribution in [0.5, 0.6) is 0 Å². The molecule has 1 aliphatic carbocycles. The summed E-state index contributed by atoms with van der Waals surface area (Å²) < 4.78 is 0.690. The van der Waals surface area contributed by atoms with Gasteiger partial charge in [-0.3, -0.25) is 0 Å². The Balaban J connectivity index is 0.000000810. The van der Waals surface area contributed by atoms with E-state index in [4.69, 9.17) is 0 Å². The van der Waals surface area contributed by atoms with Crippen molar-refractivity contribution in [3.05, 3.63) is 0 Å². The van der Waals surface area contributed by atoms with E-state index in [0.29, 0.717) is 3.42 Å². The van der Waals surface area contributed by atoms with Crippen LogP contribution in [0.15, 0.2) is 0 Å². The van der Waals surface area contributed by atoms with Gasteiger partial charge >= 0.3 is 23.1 Å². The Morgan fingerprint density at radius 2 is 1.70 bits per heavy atom. The second-order valence-electron chi connectivity index (χ2n) is 3.07. The first-order valence-corrected chi connectivity index (χ1v) is 5.04. The Labute approximate surface area is 93.8 Å². The monoisotopic (exact) mass is 264 g/mol. The zero-order valence-electron chi connectivity index (χ0n) is 6.12. The molecule has 1 rings (SSSR count). The van der Waals surface area contributed by atoms with E-state index < -0.39 is 0 Å². The van der Waals surface area contributed by atoms with Gasteiger partial charge in [-0.2, -0.15) is 0 Å². The average Bonchev–Trinajstić information content (AvgIpc) is 1.90. The van der Waals surface area contributed by atoms with Crippen molar-refractivity contribution in [3.8, 4) is 0 Å². The highest BCUT2D eigenvalue weighted by Crippen LogP contribution is 2.38. The summed E-state index contributed by atoms with van der Waals surface area (Å²) in [5.74, 6) is 0. The minimum atomic E-state index is 0. The van der Waals surface area contributed by atoms with Crippen molar-refractivity contribution in [2.45, 2.75) is 48.9 Å². The van der Waals surface area contributed by atoms with Crippen molar-refractivity contribution < 1.29 is 0 Å². The molecule has 0 aromatic carbocycles. The van der Waals surface area contributed by atoms with Gasteiger partial charge in [-0.25, -0.2) is 0 Å². The van der Waals surface area contributed by atoms with Gasteiger partial charge in [0, 0.05) is 3.42 Å². The van der Waals surface area contributed by atoms with Crippen LogP contribution in [0.25, 0.3) is 0 Å². The summed E-state index contributed by atoms with van der Waals surface area (Å²) in [6.07, 6.45) is 8.71. The molecule has 0 aromatic heterocycles. The third-order valence-electron chi connectivity index (χ3n) is 2.38. The third-order valence-corrected chi connectivity index (χ3v) is 4.22. The molecule has 0 amide bonds. The van der Waals surface area contributed by atoms with Gasteiger partial charge < -0.3 is 0 Å². The Kier molecular flexibility index (Phi) is 5.97. The summed E-state index contributed by atoms with van der Waals surface area (Å²) in [6, 6.07) is 0. The fourth-order valence-electron chi connectivity index (χ4n) is 1.54. The van der Waals surface area contributed by atoms with E-state index in [-0.39, 0.29) is 23.1 Å². The lowest BCUT2D eigenvalue weighted by Crippen LogP contribution is -2.22. The Morgan fingerprint density at radius 1 is 1.20 bits per heavy atom. The molecule has 10 heavy (non-hydrogen) atoms. The number of hydrogen-bond acceptors (Lipinski definition) is 0. The Hall–Kier alpha value is 1.50. The minimum absolute atomic E-state index is 0. The highest BCUT2D eigenvalue weighted by atomic mass is 127. The highest BCUT2D eigenvalue weighted by molar-refractivity contribution is 14.1. The molecule has 1 fully saturated rings. The van der Waals surface area contributed by atoms with Crippen LogP contribution >= 0.6 is 22.6 Å². The van der Waals surface area contributed by atoms with Crippen LogP contribution in [0.4, 0.5) is 0 Å². The van der Waals surface area contributed by atoms with Gasteiger partial charge in [0.05, 0.1) is 0 Å². The summed E-state index contributed by atoms with van der Waals surface area (Å²) in [5.41, 5.74) is 0. The number of hydrogen-bond donors (Lipinski definition) is 0. The standard InChI is InChI=1S/C8H15I.Mg.2H/c1-2-8(9)6-4-3-5-7-8;;;/h2-7H2,1H3;;;. The molecule has 1 saturated carbocycles. The SMILES string of the molecule is CCC1(I)CCCCC1.[MgH2]. The quantitative estimate of drug-likeness (QED) is 0.388. The summed E-state index contributed by atoms with van der Waals surface area (Å²) >= 11 is 2.65. The van der Waals surface area contributed by atoms with Gasteiger partial charge in [0.2, 0.25) is 0 Å². The van der Waals surface area contributed by atoms with Crippen molar-refractivity contribution in [2.75, 3.05) is 0 Å². The lowest BCUT2D eigenvalue weighted by molar-refractivity contribution is 0.407. The molecule has 0 heterocycles. The number of alkyl halides is 1. The van der Waals surface area contributed by atoms with Crippen LogP contribution in [-0.4, -0.2) is 26.5 Å². The molecule has 0 spiro atoms. The molecule has 58 valence electrons. The molecule has 0 radical (unpaired) electrons. The zero-order valence-corrected chi connectivity index (χ0v) is 8.28. The van der Waals surface area contributed by atoms with E-state index in [2.05, 4.69) is 29.5 Å². The largest absolute Gasteiger partial charge is 0.316 e. The summed E-state index contributed by atoms with van der Waals surface area (Å²) in [4.78, 5) is 0. The van der Waals surface area contributed by atoms with Gasteiger partial charge in [0.1, 0.15) is 0 Å². The predicted molar refractivity (Wildman–Crippen MR) is 58.7 cm³/mol. The van der Waals surface area contributed by atoms with Crippen molar-refractivity contribution in [1.82, 2.24) is 0 Å². The number of rotatable bonds is 1. The molecular weight excluding hydrogens is 247 g/mol. The summed E-state index contributed by atoms with van der Waals surface area (Å²) in [6.45, 7) is 2.32. The molecule has 0 saturated heterocycles. The molecule has 0 aliphatic heterocycles. The van der Waals surface area contributed by atoms with Crippen LogP contribution < -0.4 is 0 Å². The second-order valence-corrected chi connectivity index (χ2v) is 5.35. The smallest absolute Gasteiger partial charge is 0.0789 e. The van der Waals surface area contributed by atoms with Crippen molar-refractivity contribution in [3.63, 3.8) is 0 Å². The molecule has 2 heteroatoms. The molecule has 0 nitrogen and oxygen atoms in total. The summed E-state index contributed by atoms with van der Waals surface area (Å²) in [7, 11) is 0. The van der Waals surface area contributed by atoms with E-state index in [1.807, 2.05) is 0 Å². The topological polar surface area (TPSA) is 0 Å². The first-order valence-electron chi connectivity index (χ1n) is 3.96. The van der Waals surface area contributed by atoms with Gasteiger partial charge in [0.25, 0.3) is 0 Å². The second kappa shape index (κ2) is 5.20. The van der Waals surface area contributed by atoms with E-state index in [9.17, 15) is 0 Å². The number of halogens is 1. The maximum atomic E-state index is 2.65. The van der Waals surface area contributed by atoms with E-state index >= 15 is 0 Å². The summed E-state index contributed by atoms with van der Waals surface area (Å²) in [5, 5.41) is 0. The molecule has 1 aliphatic rings. The first-order chi connectivity index (χ1) is 4.27. The third kappa shape index (κ3) is 3.26. The van der Waals surface area contributed by atoms with Crippen molar-refractivity contribution in [2.24, 2.45) is 0 Å². The van der Waals surface area contributed by atoms with Crippen LogP contribution in [0.1, 0.15) is 45.4 Å². The van der Waals surface area contributed by atoms with E-state index in [1.165, 1.54) is 38.5 Å². The lowest BCUT2D eigenvalue weighted by atomic mass is 9.87. The van der Waals surface area contributed by atoms with Crippen LogP contribution in [0.3, 0.4) is 0 Å². The lowest BCUT2D eigenvalue weighted by Gasteiger charge is -2.30. The van der Waals surface area contributed by atoms with Crippen LogP contribution in [0, 0.1) is 0 Å². The molecular formula is C8H17IMg. The minimum Gasteiger partial charge on any atom is -0.0789 e. The fraction of sp³-hybridized carbons (Fsp3) is 1.00. The van der Waals surface area contributed by atoms with Crippen molar-refractivity contribution in [1.29, 1.82) is 0 Å². The molecule has 0 N–H and O–H groups in total. The van der Waals surface area contributed by atoms with Gasteiger partial charge in [-0.1, -0.05) is 48.8 Å². The molecule has 0 aromatic rings. The fourth-order valence-corrected chi connectivity index (χ4v) is 2.30. The maximum absolute atomic E-state index is 2.65. The average molecular weight is 264 g/mol.